The number of nitrogens with zero attached hydrogens (tertiary/aromatic N) is 2. The van der Waals surface area contributed by atoms with Crippen molar-refractivity contribution in [3.05, 3.63) is 88.2 Å². The van der Waals surface area contributed by atoms with Gasteiger partial charge in [0.25, 0.3) is 0 Å². The number of amides is 1. The van der Waals surface area contributed by atoms with Crippen LogP contribution in [0.2, 0.25) is 0 Å². The minimum Gasteiger partial charge on any atom is -0.319 e. The second-order valence-corrected chi connectivity index (χ2v) is 7.84. The zero-order chi connectivity index (χ0) is 21.0. The number of hydrogen-bond donors (Lipinski definition) is 1. The summed E-state index contributed by atoms with van der Waals surface area (Å²) in [5.74, 6) is 0.345. The van der Waals surface area contributed by atoms with Crippen LogP contribution in [-0.2, 0) is 11.3 Å². The average molecular weight is 388 g/mol. The molecule has 4 heteroatoms. The van der Waals surface area contributed by atoms with E-state index in [2.05, 4.69) is 67.6 Å². The second kappa shape index (κ2) is 8.91. The van der Waals surface area contributed by atoms with Gasteiger partial charge in [0, 0.05) is 6.08 Å². The Balaban J connectivity index is 1.69. The van der Waals surface area contributed by atoms with Crippen molar-refractivity contribution in [3.8, 4) is 0 Å². The predicted octanol–water partition coefficient (Wildman–Crippen LogP) is 5.63. The summed E-state index contributed by atoms with van der Waals surface area (Å²) < 4.78 is 1.94. The number of rotatable bonds is 6. The third-order valence-electron chi connectivity index (χ3n) is 5.07. The van der Waals surface area contributed by atoms with Crippen LogP contribution in [0, 0.1) is 20.8 Å². The Hall–Kier alpha value is -3.14. The Morgan fingerprint density at radius 3 is 2.48 bits per heavy atom. The molecule has 0 unspecified atom stereocenters. The van der Waals surface area contributed by atoms with Crippen molar-refractivity contribution >= 4 is 17.7 Å². The van der Waals surface area contributed by atoms with Crippen LogP contribution < -0.4 is 5.32 Å². The van der Waals surface area contributed by atoms with Crippen LogP contribution >= 0.6 is 0 Å². The Bertz CT molecular complexity index is 1030. The van der Waals surface area contributed by atoms with E-state index < -0.39 is 0 Å². The first kappa shape index (κ1) is 20.6. The Labute approximate surface area is 173 Å². The summed E-state index contributed by atoms with van der Waals surface area (Å²) in [5, 5.41) is 7.60. The van der Waals surface area contributed by atoms with Crippen molar-refractivity contribution in [2.24, 2.45) is 0 Å². The first-order chi connectivity index (χ1) is 13.8. The molecular formula is C25H29N3O. The van der Waals surface area contributed by atoms with E-state index in [-0.39, 0.29) is 5.91 Å². The lowest BCUT2D eigenvalue weighted by Crippen LogP contribution is -2.10. The standard InChI is InChI=1S/C25H29N3O/c1-17(2)23-12-9-21(10-13-23)11-14-24(29)26-25-19(4)27-28(20(25)5)16-22-8-6-7-18(3)15-22/h6-15,17H,16H2,1-5H3,(H,26,29)/b14-11+. The van der Waals surface area contributed by atoms with Crippen molar-refractivity contribution in [3.63, 3.8) is 0 Å². The largest absolute Gasteiger partial charge is 0.319 e. The minimum atomic E-state index is -0.153. The fraction of sp³-hybridized carbons (Fsp3) is 0.280. The third-order valence-corrected chi connectivity index (χ3v) is 5.07. The van der Waals surface area contributed by atoms with Crippen LogP contribution in [0.15, 0.2) is 54.6 Å². The van der Waals surface area contributed by atoms with Gasteiger partial charge in [-0.1, -0.05) is 67.9 Å². The molecule has 0 fully saturated rings. The van der Waals surface area contributed by atoms with E-state index >= 15 is 0 Å². The van der Waals surface area contributed by atoms with Crippen molar-refractivity contribution in [2.45, 2.75) is 47.1 Å². The zero-order valence-corrected chi connectivity index (χ0v) is 17.9. The van der Waals surface area contributed by atoms with Gasteiger partial charge in [0.05, 0.1) is 23.6 Å². The molecule has 1 heterocycles. The van der Waals surface area contributed by atoms with Gasteiger partial charge in [0.1, 0.15) is 0 Å². The van der Waals surface area contributed by atoms with Crippen molar-refractivity contribution in [1.29, 1.82) is 0 Å². The summed E-state index contributed by atoms with van der Waals surface area (Å²) in [6, 6.07) is 16.7. The van der Waals surface area contributed by atoms with Crippen LogP contribution in [0.25, 0.3) is 6.08 Å². The van der Waals surface area contributed by atoms with Crippen molar-refractivity contribution in [2.75, 3.05) is 5.32 Å². The normalized spacial score (nSPS) is 11.4. The summed E-state index contributed by atoms with van der Waals surface area (Å²) in [7, 11) is 0. The Morgan fingerprint density at radius 2 is 1.83 bits per heavy atom. The van der Waals surface area contributed by atoms with E-state index in [1.165, 1.54) is 16.7 Å². The highest BCUT2D eigenvalue weighted by Crippen LogP contribution is 2.21. The molecule has 4 nitrogen and oxygen atoms in total. The van der Waals surface area contributed by atoms with E-state index in [1.807, 2.05) is 36.7 Å². The number of hydrogen-bond acceptors (Lipinski definition) is 2. The van der Waals surface area contributed by atoms with E-state index in [4.69, 9.17) is 0 Å². The second-order valence-electron chi connectivity index (χ2n) is 7.84. The van der Waals surface area contributed by atoms with Gasteiger partial charge in [-0.25, -0.2) is 0 Å². The molecule has 0 atom stereocenters. The minimum absolute atomic E-state index is 0.153. The smallest absolute Gasteiger partial charge is 0.248 e. The molecule has 0 aliphatic carbocycles. The molecule has 150 valence electrons. The maximum Gasteiger partial charge on any atom is 0.248 e. The fourth-order valence-corrected chi connectivity index (χ4v) is 3.34. The topological polar surface area (TPSA) is 46.9 Å². The monoisotopic (exact) mass is 387 g/mol. The molecule has 0 radical (unpaired) electrons. The lowest BCUT2D eigenvalue weighted by molar-refractivity contribution is -0.111. The number of anilines is 1. The highest BCUT2D eigenvalue weighted by Gasteiger charge is 2.13. The number of aromatic nitrogens is 2. The lowest BCUT2D eigenvalue weighted by atomic mass is 10.0. The van der Waals surface area contributed by atoms with E-state index in [0.29, 0.717) is 12.5 Å². The molecular weight excluding hydrogens is 358 g/mol. The van der Waals surface area contributed by atoms with Gasteiger partial charge in [-0.3, -0.25) is 9.48 Å². The van der Waals surface area contributed by atoms with Gasteiger partial charge in [0.15, 0.2) is 0 Å². The number of carbonyl (C=O) groups excluding carboxylic acids is 1. The molecule has 29 heavy (non-hydrogen) atoms. The highest BCUT2D eigenvalue weighted by molar-refractivity contribution is 6.02. The summed E-state index contributed by atoms with van der Waals surface area (Å²) in [5.41, 5.74) is 7.27. The molecule has 0 saturated carbocycles. The van der Waals surface area contributed by atoms with Crippen LogP contribution in [0.5, 0.6) is 0 Å². The van der Waals surface area contributed by atoms with Gasteiger partial charge in [0.2, 0.25) is 5.91 Å². The maximum atomic E-state index is 12.4. The quantitative estimate of drug-likeness (QED) is 0.557. The zero-order valence-electron chi connectivity index (χ0n) is 17.9. The molecule has 1 N–H and O–H groups in total. The van der Waals surface area contributed by atoms with Gasteiger partial charge >= 0.3 is 0 Å². The number of carbonyl (C=O) groups is 1. The van der Waals surface area contributed by atoms with Crippen LogP contribution in [0.3, 0.4) is 0 Å². The molecule has 0 aliphatic heterocycles. The molecule has 3 rings (SSSR count). The first-order valence-electron chi connectivity index (χ1n) is 10.0. The molecule has 3 aromatic rings. The molecule has 1 amide bonds. The van der Waals surface area contributed by atoms with Crippen LogP contribution in [-0.4, -0.2) is 15.7 Å². The highest BCUT2D eigenvalue weighted by atomic mass is 16.1. The Kier molecular flexibility index (Phi) is 6.32. The van der Waals surface area contributed by atoms with Crippen molar-refractivity contribution < 1.29 is 4.79 Å². The molecule has 0 aliphatic rings. The molecule has 2 aromatic carbocycles. The van der Waals surface area contributed by atoms with E-state index in [9.17, 15) is 4.79 Å². The molecule has 0 bridgehead atoms. The number of benzene rings is 2. The number of nitrogens with one attached hydrogen (secondary N) is 1. The fourth-order valence-electron chi connectivity index (χ4n) is 3.34. The van der Waals surface area contributed by atoms with Gasteiger partial charge in [-0.05, 0) is 49.5 Å². The van der Waals surface area contributed by atoms with Gasteiger partial charge in [-0.15, -0.1) is 0 Å². The van der Waals surface area contributed by atoms with E-state index in [0.717, 1.165) is 22.6 Å². The predicted molar refractivity (Wildman–Crippen MR) is 120 cm³/mol. The summed E-state index contributed by atoms with van der Waals surface area (Å²) in [6.07, 6.45) is 3.41. The summed E-state index contributed by atoms with van der Waals surface area (Å²) in [4.78, 5) is 12.4. The lowest BCUT2D eigenvalue weighted by Gasteiger charge is -2.07. The van der Waals surface area contributed by atoms with Crippen LogP contribution in [0.1, 0.15) is 53.4 Å². The number of aryl methyl sites for hydroxylation is 2. The van der Waals surface area contributed by atoms with E-state index in [1.54, 1.807) is 6.08 Å². The molecule has 0 saturated heterocycles. The summed E-state index contributed by atoms with van der Waals surface area (Å²) >= 11 is 0. The third kappa shape index (κ3) is 5.23. The Morgan fingerprint density at radius 1 is 1.10 bits per heavy atom. The van der Waals surface area contributed by atoms with Gasteiger partial charge < -0.3 is 5.32 Å². The molecule has 0 spiro atoms. The first-order valence-corrected chi connectivity index (χ1v) is 10.0. The van der Waals surface area contributed by atoms with Crippen LogP contribution in [0.4, 0.5) is 5.69 Å². The molecule has 1 aromatic heterocycles. The maximum absolute atomic E-state index is 12.4. The summed E-state index contributed by atoms with van der Waals surface area (Å²) in [6.45, 7) is 11.0. The SMILES string of the molecule is Cc1cccc(Cn2nc(C)c(NC(=O)/C=C/c3ccc(C(C)C)cc3)c2C)c1. The average Bonchev–Trinajstić information content (AvgIpc) is 2.94. The van der Waals surface area contributed by atoms with Crippen molar-refractivity contribution in [1.82, 2.24) is 9.78 Å². The van der Waals surface area contributed by atoms with Gasteiger partial charge in [-0.2, -0.15) is 5.10 Å².